The monoisotopic (exact) mass is 337 g/mol. The smallest absolute Gasteiger partial charge is 0.321 e. The van der Waals surface area contributed by atoms with E-state index in [1.54, 1.807) is 11.8 Å². The summed E-state index contributed by atoms with van der Waals surface area (Å²) in [5.74, 6) is 0.0914. The fraction of sp³-hybridized carbons (Fsp3) is 0.611. The van der Waals surface area contributed by atoms with Crippen molar-refractivity contribution >= 4 is 17.7 Å². The summed E-state index contributed by atoms with van der Waals surface area (Å²) in [6.07, 6.45) is 0. The summed E-state index contributed by atoms with van der Waals surface area (Å²) in [5, 5.41) is 23.0. The van der Waals surface area contributed by atoms with Gasteiger partial charge in [-0.1, -0.05) is 41.5 Å². The minimum Gasteiger partial charge on any atom is -0.507 e. The van der Waals surface area contributed by atoms with E-state index in [4.69, 9.17) is 0 Å². The lowest BCUT2D eigenvalue weighted by Gasteiger charge is -2.29. The second kappa shape index (κ2) is 6.02. The molecular formula is C18H27NO3S. The van der Waals surface area contributed by atoms with Crippen LogP contribution in [0.15, 0.2) is 12.1 Å². The summed E-state index contributed by atoms with van der Waals surface area (Å²) in [7, 11) is 0. The van der Waals surface area contributed by atoms with Crippen LogP contribution >= 0.6 is 11.8 Å². The van der Waals surface area contributed by atoms with Gasteiger partial charge in [0.05, 0.1) is 5.37 Å². The van der Waals surface area contributed by atoms with Gasteiger partial charge < -0.3 is 10.2 Å². The van der Waals surface area contributed by atoms with Crippen molar-refractivity contribution in [3.05, 3.63) is 28.8 Å². The van der Waals surface area contributed by atoms with E-state index >= 15 is 0 Å². The molecule has 1 aliphatic rings. The molecule has 2 rings (SSSR count). The predicted molar refractivity (Wildman–Crippen MR) is 95.3 cm³/mol. The fourth-order valence-electron chi connectivity index (χ4n) is 2.76. The van der Waals surface area contributed by atoms with Crippen molar-refractivity contribution in [1.82, 2.24) is 5.32 Å². The zero-order chi connectivity index (χ0) is 17.6. The Hall–Kier alpha value is -1.20. The topological polar surface area (TPSA) is 69.6 Å². The Morgan fingerprint density at radius 2 is 1.61 bits per heavy atom. The van der Waals surface area contributed by atoms with Crippen molar-refractivity contribution in [3.8, 4) is 5.75 Å². The number of hydrogen-bond donors (Lipinski definition) is 3. The van der Waals surface area contributed by atoms with Gasteiger partial charge in [-0.15, -0.1) is 11.8 Å². The average Bonchev–Trinajstić information content (AvgIpc) is 2.85. The molecule has 1 aliphatic heterocycles. The molecule has 1 fully saturated rings. The molecule has 5 heteroatoms. The van der Waals surface area contributed by atoms with Crippen molar-refractivity contribution in [2.45, 2.75) is 63.8 Å². The van der Waals surface area contributed by atoms with E-state index in [0.29, 0.717) is 11.5 Å². The van der Waals surface area contributed by atoms with Crippen LogP contribution in [0.4, 0.5) is 0 Å². The Kier molecular flexibility index (Phi) is 4.75. The zero-order valence-corrected chi connectivity index (χ0v) is 15.5. The SMILES string of the molecule is CC(C)(C)c1cc(C2N[C@H](C(=O)O)CS2)cc(C(C)(C)C)c1O. The van der Waals surface area contributed by atoms with E-state index in [0.717, 1.165) is 16.7 Å². The number of aliphatic carboxylic acids is 1. The van der Waals surface area contributed by atoms with Crippen LogP contribution in [0.3, 0.4) is 0 Å². The highest BCUT2D eigenvalue weighted by atomic mass is 32.2. The van der Waals surface area contributed by atoms with Crippen molar-refractivity contribution in [3.63, 3.8) is 0 Å². The quantitative estimate of drug-likeness (QED) is 0.766. The third kappa shape index (κ3) is 3.83. The van der Waals surface area contributed by atoms with Crippen LogP contribution in [0.2, 0.25) is 0 Å². The zero-order valence-electron chi connectivity index (χ0n) is 14.7. The van der Waals surface area contributed by atoms with Gasteiger partial charge >= 0.3 is 5.97 Å². The van der Waals surface area contributed by atoms with Crippen molar-refractivity contribution in [2.24, 2.45) is 0 Å². The molecule has 0 bridgehead atoms. The van der Waals surface area contributed by atoms with Gasteiger partial charge in [-0.3, -0.25) is 10.1 Å². The molecule has 1 saturated heterocycles. The van der Waals surface area contributed by atoms with Gasteiger partial charge in [0.2, 0.25) is 0 Å². The van der Waals surface area contributed by atoms with Crippen LogP contribution in [0, 0.1) is 0 Å². The molecule has 0 aliphatic carbocycles. The number of hydrogen-bond acceptors (Lipinski definition) is 4. The number of carbonyl (C=O) groups is 1. The third-order valence-electron chi connectivity index (χ3n) is 4.13. The number of nitrogens with one attached hydrogen (secondary N) is 1. The second-order valence-corrected chi connectivity index (χ2v) is 9.37. The molecule has 1 heterocycles. The van der Waals surface area contributed by atoms with Crippen LogP contribution in [-0.2, 0) is 15.6 Å². The highest BCUT2D eigenvalue weighted by Crippen LogP contribution is 2.43. The molecule has 0 radical (unpaired) electrons. The molecule has 0 saturated carbocycles. The standard InChI is InChI=1S/C18H27NO3S/c1-17(2,3)11-7-10(8-12(14(11)20)18(4,5)6)15-19-13(9-23-15)16(21)22/h7-8,13,15,19-20H,9H2,1-6H3,(H,21,22)/t13-,15?/m0/s1. The number of aromatic hydroxyl groups is 1. The minimum atomic E-state index is -0.814. The van der Waals surface area contributed by atoms with Gasteiger partial charge in [-0.05, 0) is 39.7 Å². The lowest BCUT2D eigenvalue weighted by Crippen LogP contribution is -2.33. The first-order valence-corrected chi connectivity index (χ1v) is 8.94. The summed E-state index contributed by atoms with van der Waals surface area (Å²) in [5.41, 5.74) is 2.47. The molecule has 0 aromatic heterocycles. The van der Waals surface area contributed by atoms with Crippen LogP contribution in [-0.4, -0.2) is 28.0 Å². The molecular weight excluding hydrogens is 310 g/mol. The van der Waals surface area contributed by atoms with E-state index in [2.05, 4.69) is 46.9 Å². The van der Waals surface area contributed by atoms with E-state index in [9.17, 15) is 15.0 Å². The maximum absolute atomic E-state index is 11.2. The van der Waals surface area contributed by atoms with Gasteiger partial charge in [0.1, 0.15) is 11.8 Å². The number of benzene rings is 1. The van der Waals surface area contributed by atoms with Crippen LogP contribution in [0.5, 0.6) is 5.75 Å². The maximum Gasteiger partial charge on any atom is 0.321 e. The molecule has 1 aromatic carbocycles. The Labute approximate surface area is 142 Å². The van der Waals surface area contributed by atoms with Crippen LogP contribution in [0.1, 0.15) is 63.6 Å². The highest BCUT2D eigenvalue weighted by molar-refractivity contribution is 7.99. The number of carboxylic acid groups (broad SMARTS) is 1. The van der Waals surface area contributed by atoms with Gasteiger partial charge in [0, 0.05) is 5.75 Å². The molecule has 23 heavy (non-hydrogen) atoms. The van der Waals surface area contributed by atoms with E-state index in [-0.39, 0.29) is 16.2 Å². The van der Waals surface area contributed by atoms with E-state index < -0.39 is 12.0 Å². The molecule has 1 aromatic rings. The Balaban J connectivity index is 2.51. The van der Waals surface area contributed by atoms with Gasteiger partial charge in [0.15, 0.2) is 0 Å². The Morgan fingerprint density at radius 1 is 1.13 bits per heavy atom. The lowest BCUT2D eigenvalue weighted by atomic mass is 9.78. The average molecular weight is 337 g/mol. The van der Waals surface area contributed by atoms with E-state index in [1.807, 2.05) is 12.1 Å². The first-order chi connectivity index (χ1) is 10.4. The second-order valence-electron chi connectivity index (χ2n) is 8.24. The van der Waals surface area contributed by atoms with Crippen molar-refractivity contribution in [1.29, 1.82) is 0 Å². The largest absolute Gasteiger partial charge is 0.507 e. The molecule has 1 unspecified atom stereocenters. The summed E-state index contributed by atoms with van der Waals surface area (Å²) in [6.45, 7) is 12.5. The minimum absolute atomic E-state index is 0.0566. The Bertz CT molecular complexity index is 579. The lowest BCUT2D eigenvalue weighted by molar-refractivity contribution is -0.138. The van der Waals surface area contributed by atoms with Crippen LogP contribution < -0.4 is 5.32 Å². The normalized spacial score (nSPS) is 22.3. The van der Waals surface area contributed by atoms with Crippen molar-refractivity contribution in [2.75, 3.05) is 5.75 Å². The molecule has 3 N–H and O–H groups in total. The number of thioether (sulfide) groups is 1. The van der Waals surface area contributed by atoms with E-state index in [1.165, 1.54) is 0 Å². The van der Waals surface area contributed by atoms with Crippen molar-refractivity contribution < 1.29 is 15.0 Å². The number of phenols is 1. The number of rotatable bonds is 2. The fourth-order valence-corrected chi connectivity index (χ4v) is 3.97. The first-order valence-electron chi connectivity index (χ1n) is 7.89. The third-order valence-corrected chi connectivity index (χ3v) is 5.40. The summed E-state index contributed by atoms with van der Waals surface area (Å²) in [6, 6.07) is 3.51. The van der Waals surface area contributed by atoms with Crippen LogP contribution in [0.25, 0.3) is 0 Å². The molecule has 4 nitrogen and oxygen atoms in total. The highest BCUT2D eigenvalue weighted by Gasteiger charge is 2.33. The Morgan fingerprint density at radius 3 is 1.96 bits per heavy atom. The van der Waals surface area contributed by atoms with Gasteiger partial charge in [0.25, 0.3) is 0 Å². The predicted octanol–water partition coefficient (Wildman–Crippen LogP) is 3.78. The summed E-state index contributed by atoms with van der Waals surface area (Å²) < 4.78 is 0. The molecule has 2 atom stereocenters. The number of phenolic OH excluding ortho intramolecular Hbond substituents is 1. The molecule has 0 amide bonds. The molecule has 128 valence electrons. The first kappa shape index (κ1) is 18.1. The maximum atomic E-state index is 11.2. The van der Waals surface area contributed by atoms with Gasteiger partial charge in [-0.2, -0.15) is 0 Å². The molecule has 0 spiro atoms. The van der Waals surface area contributed by atoms with Gasteiger partial charge in [-0.25, -0.2) is 0 Å². The number of carboxylic acids is 1. The summed E-state index contributed by atoms with van der Waals surface area (Å²) in [4.78, 5) is 11.2. The summed E-state index contributed by atoms with van der Waals surface area (Å²) >= 11 is 1.60.